The Morgan fingerprint density at radius 2 is 1.43 bits per heavy atom. The Bertz CT molecular complexity index is 836. The number of amides is 1. The van der Waals surface area contributed by atoms with E-state index in [9.17, 15) is 22.8 Å². The fourth-order valence-corrected chi connectivity index (χ4v) is 3.58. The Balaban J connectivity index is 2.43. The molecule has 8 heteroatoms. The van der Waals surface area contributed by atoms with E-state index in [0.717, 1.165) is 0 Å². The second-order valence-electron chi connectivity index (χ2n) is 7.65. The van der Waals surface area contributed by atoms with Crippen LogP contribution in [0.15, 0.2) is 60.7 Å². The lowest BCUT2D eigenvalue weighted by atomic mass is 9.88. The Labute approximate surface area is 178 Å². The van der Waals surface area contributed by atoms with Crippen LogP contribution in [0.4, 0.5) is 18.0 Å². The first-order valence-electron chi connectivity index (χ1n) is 9.29. The molecule has 0 saturated carbocycles. The number of hydrogen-bond donors (Lipinski definition) is 1. The summed E-state index contributed by atoms with van der Waals surface area (Å²) in [6.07, 6.45) is -5.24. The molecule has 162 valence electrons. The van der Waals surface area contributed by atoms with Crippen molar-refractivity contribution in [3.63, 3.8) is 0 Å². The van der Waals surface area contributed by atoms with E-state index in [1.54, 1.807) is 81.4 Å². The Morgan fingerprint density at radius 1 is 0.933 bits per heavy atom. The van der Waals surface area contributed by atoms with Crippen LogP contribution in [0.3, 0.4) is 0 Å². The molecule has 2 aromatic rings. The van der Waals surface area contributed by atoms with Gasteiger partial charge in [-0.1, -0.05) is 72.4 Å². The minimum Gasteiger partial charge on any atom is -0.444 e. The maximum absolute atomic E-state index is 12.9. The van der Waals surface area contributed by atoms with Crippen LogP contribution in [0, 0.1) is 0 Å². The van der Waals surface area contributed by atoms with E-state index in [4.69, 9.17) is 4.74 Å². The molecule has 0 aromatic heterocycles. The number of halogens is 3. The van der Waals surface area contributed by atoms with Gasteiger partial charge in [0.2, 0.25) is 0 Å². The monoisotopic (exact) mass is 439 g/mol. The number of thioether (sulfide) groups is 1. The molecule has 0 bridgehead atoms. The van der Waals surface area contributed by atoms with Gasteiger partial charge in [-0.05, 0) is 31.9 Å². The van der Waals surface area contributed by atoms with Crippen molar-refractivity contribution in [2.24, 2.45) is 0 Å². The molecule has 0 unspecified atom stereocenters. The lowest BCUT2D eigenvalue weighted by molar-refractivity contribution is -0.115. The summed E-state index contributed by atoms with van der Waals surface area (Å²) in [5.41, 5.74) is 0.308. The second kappa shape index (κ2) is 10.0. The van der Waals surface area contributed by atoms with Gasteiger partial charge in [-0.15, -0.1) is 0 Å². The van der Waals surface area contributed by atoms with Crippen LogP contribution in [0.5, 0.6) is 0 Å². The normalized spacial score (nSPS) is 13.9. The van der Waals surface area contributed by atoms with Crippen LogP contribution in [-0.2, 0) is 9.53 Å². The molecular weight excluding hydrogens is 415 g/mol. The van der Waals surface area contributed by atoms with Gasteiger partial charge in [-0.2, -0.15) is 13.2 Å². The van der Waals surface area contributed by atoms with E-state index >= 15 is 0 Å². The van der Waals surface area contributed by atoms with E-state index in [1.165, 1.54) is 0 Å². The lowest BCUT2D eigenvalue weighted by Gasteiger charge is -2.29. The van der Waals surface area contributed by atoms with E-state index < -0.39 is 40.7 Å². The number of ether oxygens (including phenoxy) is 1. The highest BCUT2D eigenvalue weighted by Gasteiger charge is 2.36. The molecule has 0 spiro atoms. The number of carbonyl (C=O) groups is 2. The Hall–Kier alpha value is -2.48. The average Bonchev–Trinajstić information content (AvgIpc) is 2.65. The van der Waals surface area contributed by atoms with Crippen molar-refractivity contribution < 1.29 is 27.5 Å². The van der Waals surface area contributed by atoms with Crippen molar-refractivity contribution in [1.29, 1.82) is 0 Å². The van der Waals surface area contributed by atoms with E-state index in [1.807, 2.05) is 0 Å². The fraction of sp³-hybridized carbons (Fsp3) is 0.364. The molecule has 30 heavy (non-hydrogen) atoms. The van der Waals surface area contributed by atoms with Gasteiger partial charge < -0.3 is 10.1 Å². The molecule has 2 rings (SSSR count). The third-order valence-electron chi connectivity index (χ3n) is 3.95. The summed E-state index contributed by atoms with van der Waals surface area (Å²) in [5, 5.41) is 2.00. The smallest absolute Gasteiger partial charge is 0.408 e. The van der Waals surface area contributed by atoms with Gasteiger partial charge in [0.25, 0.3) is 0 Å². The highest BCUT2D eigenvalue weighted by atomic mass is 32.2. The zero-order chi connectivity index (χ0) is 22.4. The summed E-state index contributed by atoms with van der Waals surface area (Å²) in [4.78, 5) is 25.4. The summed E-state index contributed by atoms with van der Waals surface area (Å²) in [6.45, 7) is 5.09. The molecule has 4 nitrogen and oxygen atoms in total. The molecule has 0 aliphatic carbocycles. The van der Waals surface area contributed by atoms with E-state index in [2.05, 4.69) is 5.32 Å². The Kier molecular flexibility index (Phi) is 7.95. The highest BCUT2D eigenvalue weighted by Crippen LogP contribution is 2.37. The van der Waals surface area contributed by atoms with E-state index in [0.29, 0.717) is 11.1 Å². The predicted octanol–water partition coefficient (Wildman–Crippen LogP) is 5.86. The zero-order valence-corrected chi connectivity index (χ0v) is 17.7. The first-order valence-corrected chi connectivity index (χ1v) is 10.3. The summed E-state index contributed by atoms with van der Waals surface area (Å²) in [5.74, 6) is -2.34. The number of carbonyl (C=O) groups excluding carboxylic acids is 2. The maximum Gasteiger partial charge on any atom is 0.408 e. The topological polar surface area (TPSA) is 55.4 Å². The van der Waals surface area contributed by atoms with Crippen molar-refractivity contribution >= 4 is 23.0 Å². The van der Waals surface area contributed by atoms with Gasteiger partial charge in [0.1, 0.15) is 5.60 Å². The lowest BCUT2D eigenvalue weighted by Crippen LogP contribution is -2.39. The Morgan fingerprint density at radius 3 is 1.90 bits per heavy atom. The number of benzene rings is 2. The zero-order valence-electron chi connectivity index (χ0n) is 16.9. The third-order valence-corrected chi connectivity index (χ3v) is 4.97. The number of rotatable bonds is 6. The molecule has 1 N–H and O–H groups in total. The number of alkyl carbamates (subject to hydrolysis) is 1. The minimum atomic E-state index is -4.48. The van der Waals surface area contributed by atoms with Crippen molar-refractivity contribution in [1.82, 2.24) is 5.32 Å². The quantitative estimate of drug-likeness (QED) is 0.613. The maximum atomic E-state index is 12.9. The SMILES string of the molecule is CC(C)(C)OC(=O)N[C@@H](c1ccccc1)[C@H](C(=O)SCC(F)(F)F)c1ccccc1. The molecule has 0 aliphatic rings. The minimum absolute atomic E-state index is 0.194. The van der Waals surface area contributed by atoms with Crippen LogP contribution >= 0.6 is 11.8 Å². The van der Waals surface area contributed by atoms with E-state index in [-0.39, 0.29) is 11.8 Å². The first kappa shape index (κ1) is 23.8. The summed E-state index contributed by atoms with van der Waals surface area (Å²) in [7, 11) is 0. The molecule has 0 fully saturated rings. The average molecular weight is 439 g/mol. The summed E-state index contributed by atoms with van der Waals surface area (Å²) < 4.78 is 43.5. The van der Waals surface area contributed by atoms with Crippen LogP contribution < -0.4 is 5.32 Å². The predicted molar refractivity (Wildman–Crippen MR) is 111 cm³/mol. The van der Waals surface area contributed by atoms with Crippen LogP contribution in [-0.4, -0.2) is 28.7 Å². The molecule has 0 radical (unpaired) electrons. The largest absolute Gasteiger partial charge is 0.444 e. The van der Waals surface area contributed by atoms with Gasteiger partial charge in [0.15, 0.2) is 5.12 Å². The van der Waals surface area contributed by atoms with Crippen molar-refractivity contribution in [3.05, 3.63) is 71.8 Å². The van der Waals surface area contributed by atoms with Crippen LogP contribution in [0.1, 0.15) is 43.9 Å². The molecule has 0 aliphatic heterocycles. The molecule has 0 saturated heterocycles. The molecule has 2 atom stereocenters. The van der Waals surface area contributed by atoms with Gasteiger partial charge in [-0.3, -0.25) is 4.79 Å². The van der Waals surface area contributed by atoms with Crippen LogP contribution in [0.2, 0.25) is 0 Å². The number of nitrogens with one attached hydrogen (secondary N) is 1. The van der Waals surface area contributed by atoms with Crippen molar-refractivity contribution in [2.75, 3.05) is 5.75 Å². The third kappa shape index (κ3) is 7.74. The van der Waals surface area contributed by atoms with Gasteiger partial charge in [0, 0.05) is 0 Å². The summed E-state index contributed by atoms with van der Waals surface area (Å²) >= 11 is 0.194. The fourth-order valence-electron chi connectivity index (χ4n) is 2.82. The molecule has 2 aromatic carbocycles. The second-order valence-corrected chi connectivity index (χ2v) is 8.63. The first-order chi connectivity index (χ1) is 14.0. The highest BCUT2D eigenvalue weighted by molar-refractivity contribution is 8.13. The van der Waals surface area contributed by atoms with Gasteiger partial charge >= 0.3 is 12.3 Å². The van der Waals surface area contributed by atoms with Crippen molar-refractivity contribution in [3.8, 4) is 0 Å². The molecule has 0 heterocycles. The van der Waals surface area contributed by atoms with Crippen LogP contribution in [0.25, 0.3) is 0 Å². The standard InChI is InChI=1S/C22H24F3NO3S/c1-21(2,3)29-20(28)26-18(16-12-8-5-9-13-16)17(15-10-6-4-7-11-15)19(27)30-14-22(23,24)25/h4-13,17-18H,14H2,1-3H3,(H,26,28)/t17-,18+/m1/s1. The molecular formula is C22H24F3NO3S. The van der Waals surface area contributed by atoms with Gasteiger partial charge in [0.05, 0.1) is 17.7 Å². The summed E-state index contributed by atoms with van der Waals surface area (Å²) in [6, 6.07) is 16.2. The number of hydrogen-bond acceptors (Lipinski definition) is 4. The van der Waals surface area contributed by atoms with Crippen molar-refractivity contribution in [2.45, 2.75) is 44.5 Å². The number of alkyl halides is 3. The molecule has 1 amide bonds. The van der Waals surface area contributed by atoms with Gasteiger partial charge in [-0.25, -0.2) is 4.79 Å².